The molecule has 3 rings (SSSR count). The lowest BCUT2D eigenvalue weighted by atomic mass is 10.0. The molecule has 0 radical (unpaired) electrons. The van der Waals surface area contributed by atoms with E-state index in [1.165, 1.54) is 0 Å². The van der Waals surface area contributed by atoms with E-state index in [2.05, 4.69) is 20.5 Å². The number of aromatic amines is 1. The number of carbonyl (C=O) groups is 1. The Morgan fingerprint density at radius 2 is 2.04 bits per heavy atom. The molecule has 8 heteroatoms. The first-order valence-electron chi connectivity index (χ1n) is 7.71. The van der Waals surface area contributed by atoms with Crippen molar-refractivity contribution in [1.29, 1.82) is 0 Å². The molecule has 8 nitrogen and oxygen atoms in total. The highest BCUT2D eigenvalue weighted by Crippen LogP contribution is 2.21. The molecule has 0 bridgehead atoms. The van der Waals surface area contributed by atoms with Gasteiger partial charge in [-0.1, -0.05) is 0 Å². The van der Waals surface area contributed by atoms with Crippen LogP contribution in [0.3, 0.4) is 0 Å². The van der Waals surface area contributed by atoms with Crippen molar-refractivity contribution in [2.75, 3.05) is 5.32 Å². The number of amides is 1. The largest absolute Gasteiger partial charge is 0.309 e. The molecule has 24 heavy (non-hydrogen) atoms. The fourth-order valence-corrected chi connectivity index (χ4v) is 2.98. The molecule has 1 amide bonds. The Labute approximate surface area is 138 Å². The first kappa shape index (κ1) is 16.0. The smallest absolute Gasteiger partial charge is 0.253 e. The number of nitrogens with zero attached hydrogens (tertiary/aromatic N) is 4. The third-order valence-electron chi connectivity index (χ3n) is 4.14. The summed E-state index contributed by atoms with van der Waals surface area (Å²) in [5.74, 6) is 0.335. The van der Waals surface area contributed by atoms with Crippen LogP contribution < -0.4 is 10.9 Å². The minimum absolute atomic E-state index is 0.171. The molecular formula is C16H20N6O2. The van der Waals surface area contributed by atoms with Crippen molar-refractivity contribution >= 4 is 22.8 Å². The first-order chi connectivity index (χ1) is 11.4. The van der Waals surface area contributed by atoms with Gasteiger partial charge in [0, 0.05) is 43.7 Å². The first-order valence-corrected chi connectivity index (χ1v) is 7.71. The van der Waals surface area contributed by atoms with Gasteiger partial charge < -0.3 is 10.3 Å². The zero-order valence-electron chi connectivity index (χ0n) is 14.2. The van der Waals surface area contributed by atoms with Gasteiger partial charge in [-0.3, -0.25) is 19.0 Å². The molecular weight excluding hydrogens is 308 g/mol. The van der Waals surface area contributed by atoms with Crippen LogP contribution in [0.2, 0.25) is 0 Å². The second-order valence-corrected chi connectivity index (χ2v) is 5.91. The summed E-state index contributed by atoms with van der Waals surface area (Å²) in [6.45, 7) is 3.81. The Balaban J connectivity index is 1.81. The molecule has 3 aromatic heterocycles. The molecule has 0 aliphatic rings. The number of H-pyrrole nitrogens is 1. The Bertz CT molecular complexity index is 979. The van der Waals surface area contributed by atoms with Gasteiger partial charge in [0.1, 0.15) is 5.65 Å². The van der Waals surface area contributed by atoms with Crippen LogP contribution in [0.1, 0.15) is 23.2 Å². The highest BCUT2D eigenvalue weighted by molar-refractivity contribution is 5.90. The van der Waals surface area contributed by atoms with Gasteiger partial charge in [-0.15, -0.1) is 0 Å². The summed E-state index contributed by atoms with van der Waals surface area (Å²) < 4.78 is 3.28. The predicted octanol–water partition coefficient (Wildman–Crippen LogP) is 1.18. The number of hydrogen-bond acceptors (Lipinski definition) is 4. The van der Waals surface area contributed by atoms with E-state index in [1.807, 2.05) is 13.8 Å². The molecule has 0 aromatic carbocycles. The molecule has 2 N–H and O–H groups in total. The van der Waals surface area contributed by atoms with Crippen molar-refractivity contribution in [3.8, 4) is 0 Å². The van der Waals surface area contributed by atoms with E-state index in [0.29, 0.717) is 23.4 Å². The van der Waals surface area contributed by atoms with Gasteiger partial charge in [-0.05, 0) is 25.8 Å². The molecule has 3 heterocycles. The summed E-state index contributed by atoms with van der Waals surface area (Å²) in [7, 11) is 3.58. The Morgan fingerprint density at radius 1 is 1.29 bits per heavy atom. The summed E-state index contributed by atoms with van der Waals surface area (Å²) >= 11 is 0. The van der Waals surface area contributed by atoms with Gasteiger partial charge >= 0.3 is 0 Å². The quantitative estimate of drug-likeness (QED) is 0.751. The van der Waals surface area contributed by atoms with E-state index >= 15 is 0 Å². The zero-order chi connectivity index (χ0) is 17.4. The zero-order valence-corrected chi connectivity index (χ0v) is 14.2. The summed E-state index contributed by atoms with van der Waals surface area (Å²) in [6, 6.07) is 1.72. The van der Waals surface area contributed by atoms with E-state index in [0.717, 1.165) is 16.6 Å². The van der Waals surface area contributed by atoms with Crippen LogP contribution in [0.15, 0.2) is 17.1 Å². The summed E-state index contributed by atoms with van der Waals surface area (Å²) in [6.07, 6.45) is 2.33. The topological polar surface area (TPSA) is 97.6 Å². The van der Waals surface area contributed by atoms with Crippen molar-refractivity contribution < 1.29 is 4.79 Å². The number of rotatable bonds is 4. The van der Waals surface area contributed by atoms with Crippen molar-refractivity contribution in [1.82, 2.24) is 24.5 Å². The maximum absolute atomic E-state index is 12.3. The molecule has 3 aromatic rings. The van der Waals surface area contributed by atoms with Crippen molar-refractivity contribution in [2.24, 2.45) is 14.1 Å². The van der Waals surface area contributed by atoms with E-state index in [1.54, 1.807) is 35.7 Å². The van der Waals surface area contributed by atoms with Gasteiger partial charge in [0.2, 0.25) is 5.91 Å². The van der Waals surface area contributed by atoms with Crippen LogP contribution in [-0.2, 0) is 25.3 Å². The summed E-state index contributed by atoms with van der Waals surface area (Å²) in [4.78, 5) is 27.3. The average Bonchev–Trinajstić information content (AvgIpc) is 3.02. The van der Waals surface area contributed by atoms with E-state index in [-0.39, 0.29) is 17.9 Å². The minimum Gasteiger partial charge on any atom is -0.309 e. The van der Waals surface area contributed by atoms with Gasteiger partial charge in [0.25, 0.3) is 5.56 Å². The summed E-state index contributed by atoms with van der Waals surface area (Å²) in [5.41, 5.74) is 2.89. The molecule has 0 atom stereocenters. The SMILES string of the molecule is Cc1nn(C)c2[nH]c(=O)c(CCC(=O)Nc3ccn(C)n3)c(C)c12. The third-order valence-corrected chi connectivity index (χ3v) is 4.14. The van der Waals surface area contributed by atoms with E-state index in [9.17, 15) is 9.59 Å². The third kappa shape index (κ3) is 2.82. The second-order valence-electron chi connectivity index (χ2n) is 5.91. The monoisotopic (exact) mass is 328 g/mol. The van der Waals surface area contributed by atoms with Crippen LogP contribution in [0, 0.1) is 13.8 Å². The fourth-order valence-electron chi connectivity index (χ4n) is 2.98. The Hall–Kier alpha value is -2.90. The second kappa shape index (κ2) is 5.95. The van der Waals surface area contributed by atoms with Gasteiger partial charge in [0.05, 0.1) is 5.69 Å². The number of aryl methyl sites for hydroxylation is 4. The number of pyridine rings is 1. The Kier molecular flexibility index (Phi) is 3.96. The lowest BCUT2D eigenvalue weighted by Crippen LogP contribution is -2.19. The standard InChI is InChI=1S/C16H20N6O2/c1-9-11(5-6-13(23)17-12-7-8-21(3)20-12)16(24)18-15-14(9)10(2)19-22(15)4/h7-8H,5-6H2,1-4H3,(H,18,24)(H,17,20,23). The van der Waals surface area contributed by atoms with Crippen LogP contribution in [-0.4, -0.2) is 30.5 Å². The number of fused-ring (bicyclic) bond motifs is 1. The highest BCUT2D eigenvalue weighted by Gasteiger charge is 2.16. The van der Waals surface area contributed by atoms with Crippen molar-refractivity contribution in [3.63, 3.8) is 0 Å². The van der Waals surface area contributed by atoms with Crippen LogP contribution in [0.4, 0.5) is 5.82 Å². The number of hydrogen-bond donors (Lipinski definition) is 2. The molecule has 0 spiro atoms. The molecule has 0 fully saturated rings. The van der Waals surface area contributed by atoms with Crippen LogP contribution in [0.5, 0.6) is 0 Å². The van der Waals surface area contributed by atoms with Gasteiger partial charge in [0.15, 0.2) is 5.82 Å². The van der Waals surface area contributed by atoms with E-state index < -0.39 is 0 Å². The maximum atomic E-state index is 12.3. The maximum Gasteiger partial charge on any atom is 0.253 e. The minimum atomic E-state index is -0.173. The molecule has 0 unspecified atom stereocenters. The fraction of sp³-hybridized carbons (Fsp3) is 0.375. The molecule has 0 aliphatic heterocycles. The molecule has 126 valence electrons. The summed E-state index contributed by atoms with van der Waals surface area (Å²) in [5, 5.41) is 12.1. The Morgan fingerprint density at radius 3 is 2.71 bits per heavy atom. The van der Waals surface area contributed by atoms with E-state index in [4.69, 9.17) is 0 Å². The lowest BCUT2D eigenvalue weighted by molar-refractivity contribution is -0.116. The normalized spacial score (nSPS) is 11.2. The lowest BCUT2D eigenvalue weighted by Gasteiger charge is -2.07. The number of carbonyl (C=O) groups excluding carboxylic acids is 1. The van der Waals surface area contributed by atoms with Crippen LogP contribution in [0.25, 0.3) is 11.0 Å². The van der Waals surface area contributed by atoms with Crippen molar-refractivity contribution in [3.05, 3.63) is 39.4 Å². The number of aromatic nitrogens is 5. The van der Waals surface area contributed by atoms with Crippen molar-refractivity contribution in [2.45, 2.75) is 26.7 Å². The van der Waals surface area contributed by atoms with Crippen LogP contribution >= 0.6 is 0 Å². The highest BCUT2D eigenvalue weighted by atomic mass is 16.1. The average molecular weight is 328 g/mol. The van der Waals surface area contributed by atoms with Gasteiger partial charge in [-0.2, -0.15) is 10.2 Å². The number of anilines is 1. The number of nitrogens with one attached hydrogen (secondary N) is 2. The molecule has 0 saturated carbocycles. The predicted molar refractivity (Wildman–Crippen MR) is 91.0 cm³/mol. The molecule has 0 saturated heterocycles. The molecule has 0 aliphatic carbocycles. The van der Waals surface area contributed by atoms with Gasteiger partial charge in [-0.25, -0.2) is 0 Å².